The van der Waals surface area contributed by atoms with Crippen LogP contribution in [0.25, 0.3) is 0 Å². The Hall–Kier alpha value is -0.960. The Bertz CT molecular complexity index is 794. The van der Waals surface area contributed by atoms with Gasteiger partial charge in [-0.05, 0) is 70.5 Å². The standard InChI is InChI=1S/C21H23ClF2INO2/c1-14-7-16(22)8-20(25)19(14)9-18-11-26(12-21(23,24)13-28-18)10-15-3-5-17(27-2)6-4-15/h3-8,18H,9-13H2,1-2H3. The highest BCUT2D eigenvalue weighted by atomic mass is 127. The zero-order valence-electron chi connectivity index (χ0n) is 15.9. The van der Waals surface area contributed by atoms with Crippen LogP contribution in [0.3, 0.4) is 0 Å². The molecule has 7 heteroatoms. The van der Waals surface area contributed by atoms with Crippen molar-refractivity contribution in [2.75, 3.05) is 26.8 Å². The van der Waals surface area contributed by atoms with E-state index in [0.717, 1.165) is 26.0 Å². The molecular weight excluding hydrogens is 499 g/mol. The Morgan fingerprint density at radius 2 is 2.00 bits per heavy atom. The Kier molecular flexibility index (Phi) is 7.17. The van der Waals surface area contributed by atoms with Gasteiger partial charge in [-0.3, -0.25) is 4.90 Å². The summed E-state index contributed by atoms with van der Waals surface area (Å²) in [5, 5.41) is 0.681. The van der Waals surface area contributed by atoms with Gasteiger partial charge in [-0.2, -0.15) is 0 Å². The van der Waals surface area contributed by atoms with Crippen LogP contribution >= 0.6 is 34.2 Å². The van der Waals surface area contributed by atoms with E-state index in [1.54, 1.807) is 12.0 Å². The van der Waals surface area contributed by atoms with Crippen molar-refractivity contribution < 1.29 is 18.3 Å². The van der Waals surface area contributed by atoms with E-state index in [-0.39, 0.29) is 12.6 Å². The summed E-state index contributed by atoms with van der Waals surface area (Å²) in [6, 6.07) is 11.3. The number of hydrogen-bond donors (Lipinski definition) is 0. The highest BCUT2D eigenvalue weighted by Gasteiger charge is 2.37. The average Bonchev–Trinajstić information content (AvgIpc) is 2.76. The minimum absolute atomic E-state index is 0.306. The van der Waals surface area contributed by atoms with Crippen LogP contribution in [0, 0.1) is 10.5 Å². The van der Waals surface area contributed by atoms with Crippen molar-refractivity contribution in [1.29, 1.82) is 0 Å². The molecule has 0 aromatic heterocycles. The second kappa shape index (κ2) is 9.24. The average molecular weight is 522 g/mol. The van der Waals surface area contributed by atoms with E-state index in [9.17, 15) is 8.78 Å². The smallest absolute Gasteiger partial charge is 0.283 e. The molecule has 1 aliphatic rings. The molecule has 0 aliphatic carbocycles. The van der Waals surface area contributed by atoms with E-state index in [1.807, 2.05) is 43.3 Å². The molecule has 0 spiro atoms. The van der Waals surface area contributed by atoms with E-state index in [0.29, 0.717) is 24.5 Å². The number of ether oxygens (including phenoxy) is 2. The van der Waals surface area contributed by atoms with Crippen LogP contribution in [0.2, 0.25) is 5.02 Å². The van der Waals surface area contributed by atoms with Crippen molar-refractivity contribution in [1.82, 2.24) is 4.90 Å². The second-order valence-electron chi connectivity index (χ2n) is 7.19. The summed E-state index contributed by atoms with van der Waals surface area (Å²) in [6.07, 6.45) is 0.274. The van der Waals surface area contributed by atoms with Crippen LogP contribution in [0.5, 0.6) is 5.75 Å². The number of aryl methyl sites for hydroxylation is 1. The first-order chi connectivity index (χ1) is 13.3. The predicted octanol–water partition coefficient (Wildman–Crippen LogP) is 5.34. The highest BCUT2D eigenvalue weighted by Crippen LogP contribution is 2.28. The summed E-state index contributed by atoms with van der Waals surface area (Å²) >= 11 is 8.35. The molecule has 1 aliphatic heterocycles. The molecule has 1 heterocycles. The van der Waals surface area contributed by atoms with Gasteiger partial charge < -0.3 is 9.47 Å². The van der Waals surface area contributed by atoms with Crippen LogP contribution in [0.15, 0.2) is 36.4 Å². The van der Waals surface area contributed by atoms with E-state index in [1.165, 1.54) is 0 Å². The third-order valence-electron chi connectivity index (χ3n) is 4.83. The molecule has 2 aromatic carbocycles. The Labute approximate surface area is 183 Å². The van der Waals surface area contributed by atoms with Crippen LogP contribution in [0.1, 0.15) is 16.7 Å². The summed E-state index contributed by atoms with van der Waals surface area (Å²) in [7, 11) is 1.60. The lowest BCUT2D eigenvalue weighted by Crippen LogP contribution is -2.37. The van der Waals surface area contributed by atoms with Gasteiger partial charge in [0.05, 0.1) is 19.8 Å². The van der Waals surface area contributed by atoms with Crippen molar-refractivity contribution in [2.24, 2.45) is 0 Å². The third-order valence-corrected chi connectivity index (χ3v) is 6.01. The lowest BCUT2D eigenvalue weighted by atomic mass is 10.0. The first-order valence-electron chi connectivity index (χ1n) is 9.05. The molecule has 1 saturated heterocycles. The molecule has 0 amide bonds. The van der Waals surface area contributed by atoms with E-state index in [4.69, 9.17) is 21.1 Å². The third kappa shape index (κ3) is 5.78. The zero-order chi connectivity index (χ0) is 20.3. The molecule has 1 unspecified atom stereocenters. The van der Waals surface area contributed by atoms with Gasteiger partial charge in [0.25, 0.3) is 5.92 Å². The molecule has 0 bridgehead atoms. The molecule has 3 rings (SSSR count). The van der Waals surface area contributed by atoms with Crippen molar-refractivity contribution in [2.45, 2.75) is 31.9 Å². The quantitative estimate of drug-likeness (QED) is 0.496. The monoisotopic (exact) mass is 521 g/mol. The molecule has 1 fully saturated rings. The first kappa shape index (κ1) is 21.7. The number of alkyl halides is 2. The predicted molar refractivity (Wildman–Crippen MR) is 116 cm³/mol. The fraction of sp³-hybridized carbons (Fsp3) is 0.429. The molecule has 1 atom stereocenters. The maximum absolute atomic E-state index is 14.3. The number of nitrogens with zero attached hydrogens (tertiary/aromatic N) is 1. The number of rotatable bonds is 5. The minimum Gasteiger partial charge on any atom is -0.497 e. The summed E-state index contributed by atoms with van der Waals surface area (Å²) in [6.45, 7) is 2.01. The van der Waals surface area contributed by atoms with E-state index < -0.39 is 12.5 Å². The van der Waals surface area contributed by atoms with Gasteiger partial charge in [-0.15, -0.1) is 0 Å². The van der Waals surface area contributed by atoms with Crippen molar-refractivity contribution >= 4 is 34.2 Å². The summed E-state index contributed by atoms with van der Waals surface area (Å²) < 4.78 is 40.3. The lowest BCUT2D eigenvalue weighted by molar-refractivity contribution is -0.0821. The van der Waals surface area contributed by atoms with Gasteiger partial charge in [0.2, 0.25) is 0 Å². The second-order valence-corrected chi connectivity index (χ2v) is 8.79. The largest absolute Gasteiger partial charge is 0.497 e. The fourth-order valence-corrected chi connectivity index (χ4v) is 4.91. The van der Waals surface area contributed by atoms with Gasteiger partial charge in [-0.1, -0.05) is 23.7 Å². The summed E-state index contributed by atoms with van der Waals surface area (Å²) in [4.78, 5) is 1.78. The fourth-order valence-electron chi connectivity index (χ4n) is 3.47. The first-order valence-corrected chi connectivity index (χ1v) is 10.5. The van der Waals surface area contributed by atoms with Crippen LogP contribution in [0.4, 0.5) is 8.78 Å². The molecule has 0 saturated carbocycles. The van der Waals surface area contributed by atoms with E-state index >= 15 is 0 Å². The molecule has 0 radical (unpaired) electrons. The Balaban J connectivity index is 1.75. The molecule has 2 aromatic rings. The van der Waals surface area contributed by atoms with Gasteiger partial charge in [-0.25, -0.2) is 8.78 Å². The van der Waals surface area contributed by atoms with Gasteiger partial charge in [0.15, 0.2) is 0 Å². The normalized spacial score (nSPS) is 20.0. The van der Waals surface area contributed by atoms with E-state index in [2.05, 4.69) is 22.6 Å². The topological polar surface area (TPSA) is 21.7 Å². The number of halogens is 4. The van der Waals surface area contributed by atoms with Crippen LogP contribution < -0.4 is 4.74 Å². The maximum atomic E-state index is 14.3. The number of benzene rings is 2. The zero-order valence-corrected chi connectivity index (χ0v) is 18.8. The Morgan fingerprint density at radius 3 is 2.64 bits per heavy atom. The van der Waals surface area contributed by atoms with Gasteiger partial charge >= 0.3 is 0 Å². The maximum Gasteiger partial charge on any atom is 0.283 e. The van der Waals surface area contributed by atoms with Gasteiger partial charge in [0.1, 0.15) is 12.4 Å². The van der Waals surface area contributed by atoms with Crippen molar-refractivity contribution in [3.05, 3.63) is 61.7 Å². The number of hydrogen-bond acceptors (Lipinski definition) is 3. The SMILES string of the molecule is COc1ccc(CN2CC(Cc3c(C)cc(Cl)cc3I)OCC(F)(F)C2)cc1. The van der Waals surface area contributed by atoms with Crippen molar-refractivity contribution in [3.8, 4) is 5.75 Å². The number of methoxy groups -OCH3 is 1. The highest BCUT2D eigenvalue weighted by molar-refractivity contribution is 14.1. The van der Waals surface area contributed by atoms with Crippen LogP contribution in [-0.2, 0) is 17.7 Å². The lowest BCUT2D eigenvalue weighted by Gasteiger charge is -2.25. The summed E-state index contributed by atoms with van der Waals surface area (Å²) in [5.41, 5.74) is 3.12. The summed E-state index contributed by atoms with van der Waals surface area (Å²) in [5.74, 6) is -2.12. The van der Waals surface area contributed by atoms with Crippen molar-refractivity contribution in [3.63, 3.8) is 0 Å². The molecule has 0 N–H and O–H groups in total. The molecule has 3 nitrogen and oxygen atoms in total. The van der Waals surface area contributed by atoms with Crippen LogP contribution in [-0.4, -0.2) is 43.7 Å². The Morgan fingerprint density at radius 1 is 1.29 bits per heavy atom. The van der Waals surface area contributed by atoms with Gasteiger partial charge in [0, 0.05) is 28.1 Å². The molecule has 152 valence electrons. The molecule has 28 heavy (non-hydrogen) atoms. The minimum atomic E-state index is -2.87. The molecular formula is C21H23ClF2INO2.